The van der Waals surface area contributed by atoms with E-state index in [0.717, 1.165) is 0 Å². The molecule has 2 heteroatoms. The van der Waals surface area contributed by atoms with E-state index in [1.54, 1.807) is 22.7 Å². The number of allylic oxidation sites excluding steroid dienone is 2. The second-order valence-corrected chi connectivity index (χ2v) is 5.08. The molecule has 0 N–H and O–H groups in total. The largest absolute Gasteiger partial charge is 0.151 e. The lowest BCUT2D eigenvalue weighted by molar-refractivity contribution is 1.81. The first-order valence-electron chi connectivity index (χ1n) is 4.50. The summed E-state index contributed by atoms with van der Waals surface area (Å²) in [6.07, 6.45) is 4.63. The first kappa shape index (κ1) is 7.21. The second kappa shape index (κ2) is 2.27. The summed E-state index contributed by atoms with van der Waals surface area (Å²) in [5.41, 5.74) is 8.50. The van der Waals surface area contributed by atoms with Gasteiger partial charge in [-0.3, -0.25) is 0 Å². The average Bonchev–Trinajstić information content (AvgIpc) is 2.80. The molecule has 0 radical (unpaired) electrons. The molecular formula is C12H6S2. The van der Waals surface area contributed by atoms with Crippen molar-refractivity contribution in [1.82, 2.24) is 0 Å². The fourth-order valence-electron chi connectivity index (χ4n) is 2.19. The third-order valence-corrected chi connectivity index (χ3v) is 4.38. The summed E-state index contributed by atoms with van der Waals surface area (Å²) in [6.45, 7) is 0. The molecule has 14 heavy (non-hydrogen) atoms. The quantitative estimate of drug-likeness (QED) is 0.616. The van der Waals surface area contributed by atoms with Crippen LogP contribution in [0.3, 0.4) is 0 Å². The van der Waals surface area contributed by atoms with Crippen molar-refractivity contribution in [2.75, 3.05) is 0 Å². The smallest absolute Gasteiger partial charge is 0.000250 e. The van der Waals surface area contributed by atoms with Gasteiger partial charge >= 0.3 is 0 Å². The molecule has 0 saturated carbocycles. The number of fused-ring (bicyclic) bond motifs is 5. The summed E-state index contributed by atoms with van der Waals surface area (Å²) < 4.78 is 0. The van der Waals surface area contributed by atoms with Gasteiger partial charge in [0, 0.05) is 11.1 Å². The minimum absolute atomic E-state index is 1.40. The molecule has 0 atom stereocenters. The maximum Gasteiger partial charge on any atom is 0.000250 e. The van der Waals surface area contributed by atoms with Crippen LogP contribution in [0.15, 0.2) is 21.5 Å². The van der Waals surface area contributed by atoms with E-state index in [1.165, 1.54) is 33.4 Å². The van der Waals surface area contributed by atoms with E-state index in [2.05, 4.69) is 33.7 Å². The van der Waals surface area contributed by atoms with Crippen molar-refractivity contribution in [1.29, 1.82) is 0 Å². The van der Waals surface area contributed by atoms with E-state index in [-0.39, 0.29) is 0 Å². The van der Waals surface area contributed by atoms with Gasteiger partial charge < -0.3 is 0 Å². The predicted molar refractivity (Wildman–Crippen MR) is 64.4 cm³/mol. The molecule has 2 aliphatic carbocycles. The van der Waals surface area contributed by atoms with Gasteiger partial charge in [-0.15, -0.1) is 0 Å². The Labute approximate surface area is 89.8 Å². The summed E-state index contributed by atoms with van der Waals surface area (Å²) >= 11 is 3.58. The summed E-state index contributed by atoms with van der Waals surface area (Å²) in [5, 5.41) is 8.96. The molecule has 0 aromatic carbocycles. The lowest BCUT2D eigenvalue weighted by Gasteiger charge is -1.95. The fraction of sp³-hybridized carbons (Fsp3) is 0. The highest BCUT2D eigenvalue weighted by Gasteiger charge is 2.27. The molecule has 0 fully saturated rings. The van der Waals surface area contributed by atoms with Gasteiger partial charge in [0.1, 0.15) is 0 Å². The van der Waals surface area contributed by atoms with Crippen LogP contribution >= 0.6 is 22.7 Å². The minimum Gasteiger partial charge on any atom is -0.151 e. The van der Waals surface area contributed by atoms with Gasteiger partial charge in [0.25, 0.3) is 0 Å². The molecule has 0 spiro atoms. The molecule has 0 nitrogen and oxygen atoms in total. The van der Waals surface area contributed by atoms with E-state index >= 15 is 0 Å². The molecule has 4 rings (SSSR count). The number of hydrogen-bond donors (Lipinski definition) is 0. The number of hydrogen-bond acceptors (Lipinski definition) is 2. The Bertz CT molecular complexity index is 539. The van der Waals surface area contributed by atoms with E-state index < -0.39 is 0 Å². The van der Waals surface area contributed by atoms with Gasteiger partial charge in [0.05, 0.1) is 0 Å². The highest BCUT2D eigenvalue weighted by atomic mass is 32.1. The van der Waals surface area contributed by atoms with Gasteiger partial charge in [0.2, 0.25) is 0 Å². The molecule has 0 saturated heterocycles. The van der Waals surface area contributed by atoms with Crippen LogP contribution in [0.5, 0.6) is 0 Å². The first-order chi connectivity index (χ1) is 6.93. The third kappa shape index (κ3) is 0.703. The van der Waals surface area contributed by atoms with Gasteiger partial charge in [-0.25, -0.2) is 0 Å². The lowest BCUT2D eigenvalue weighted by Crippen LogP contribution is -1.73. The van der Waals surface area contributed by atoms with Crippen molar-refractivity contribution in [3.8, 4) is 0 Å². The Morgan fingerprint density at radius 1 is 0.643 bits per heavy atom. The van der Waals surface area contributed by atoms with Crippen molar-refractivity contribution in [2.45, 2.75) is 0 Å². The monoisotopic (exact) mass is 214 g/mol. The summed E-state index contributed by atoms with van der Waals surface area (Å²) in [6, 6.07) is 0. The van der Waals surface area contributed by atoms with Gasteiger partial charge in [-0.05, 0) is 55.9 Å². The van der Waals surface area contributed by atoms with Crippen molar-refractivity contribution in [3.05, 3.63) is 43.8 Å². The maximum absolute atomic E-state index is 2.32. The highest BCUT2D eigenvalue weighted by molar-refractivity contribution is 7.09. The van der Waals surface area contributed by atoms with Crippen LogP contribution in [0.25, 0.3) is 23.3 Å². The Hall–Kier alpha value is -1.12. The van der Waals surface area contributed by atoms with E-state index in [1.807, 2.05) is 0 Å². The van der Waals surface area contributed by atoms with Crippen molar-refractivity contribution in [2.24, 2.45) is 0 Å². The number of rotatable bonds is 0. The molecule has 0 aliphatic heterocycles. The Kier molecular flexibility index (Phi) is 1.17. The van der Waals surface area contributed by atoms with Crippen LogP contribution in [0.1, 0.15) is 22.3 Å². The van der Waals surface area contributed by atoms with E-state index in [0.29, 0.717) is 0 Å². The van der Waals surface area contributed by atoms with E-state index in [9.17, 15) is 0 Å². The molecule has 0 amide bonds. The van der Waals surface area contributed by atoms with Crippen molar-refractivity contribution in [3.63, 3.8) is 0 Å². The SMILES string of the molecule is C1=C2C(=Cc3cscc32)c2cscc21. The van der Waals surface area contributed by atoms with Crippen LogP contribution < -0.4 is 0 Å². The standard InChI is InChI=1S/C12H6S2/c1-7-3-13-5-11(7)10-2-8-4-14-6-12(8)9(1)10/h1-6H. The predicted octanol–water partition coefficient (Wildman–Crippen LogP) is 4.22. The number of thiophene rings is 2. The fourth-order valence-corrected chi connectivity index (χ4v) is 3.81. The Morgan fingerprint density at radius 3 is 1.64 bits per heavy atom. The Morgan fingerprint density at radius 2 is 1.14 bits per heavy atom. The average molecular weight is 214 g/mol. The van der Waals surface area contributed by atoms with Crippen LogP contribution in [0, 0.1) is 0 Å². The van der Waals surface area contributed by atoms with Gasteiger partial charge in [-0.1, -0.05) is 0 Å². The van der Waals surface area contributed by atoms with Gasteiger partial charge in [0.15, 0.2) is 0 Å². The van der Waals surface area contributed by atoms with Crippen LogP contribution in [0.2, 0.25) is 0 Å². The van der Waals surface area contributed by atoms with Crippen molar-refractivity contribution >= 4 is 46.0 Å². The van der Waals surface area contributed by atoms with Gasteiger partial charge in [-0.2, -0.15) is 22.7 Å². The summed E-state index contributed by atoms with van der Waals surface area (Å²) in [5.74, 6) is 0. The Balaban J connectivity index is 2.09. The zero-order valence-electron chi connectivity index (χ0n) is 7.28. The van der Waals surface area contributed by atoms with Crippen LogP contribution in [-0.4, -0.2) is 0 Å². The lowest BCUT2D eigenvalue weighted by atomic mass is 10.1. The molecule has 0 bridgehead atoms. The molecule has 0 unspecified atom stereocenters. The highest BCUT2D eigenvalue weighted by Crippen LogP contribution is 2.49. The molecule has 2 aliphatic rings. The molecule has 2 aromatic heterocycles. The zero-order valence-corrected chi connectivity index (χ0v) is 8.91. The molecule has 2 aromatic rings. The molecule has 2 heterocycles. The summed E-state index contributed by atoms with van der Waals surface area (Å²) in [7, 11) is 0. The topological polar surface area (TPSA) is 0 Å². The molecule has 66 valence electrons. The normalized spacial score (nSPS) is 16.0. The van der Waals surface area contributed by atoms with E-state index in [4.69, 9.17) is 0 Å². The molecular weight excluding hydrogens is 208 g/mol. The van der Waals surface area contributed by atoms with Crippen molar-refractivity contribution < 1.29 is 0 Å². The minimum atomic E-state index is 1.40. The van der Waals surface area contributed by atoms with Crippen LogP contribution in [-0.2, 0) is 0 Å². The first-order valence-corrected chi connectivity index (χ1v) is 6.39. The maximum atomic E-state index is 2.32. The second-order valence-electron chi connectivity index (χ2n) is 3.60. The van der Waals surface area contributed by atoms with Crippen LogP contribution in [0.4, 0.5) is 0 Å². The summed E-state index contributed by atoms with van der Waals surface area (Å²) in [4.78, 5) is 0. The zero-order chi connectivity index (χ0) is 9.12. The third-order valence-electron chi connectivity index (χ3n) is 2.85.